The van der Waals surface area contributed by atoms with Crippen LogP contribution in [-0.4, -0.2) is 4.21 Å². The smallest absolute Gasteiger partial charge is 0.173 e. The first-order valence-electron chi connectivity index (χ1n) is 7.66. The van der Waals surface area contributed by atoms with Gasteiger partial charge in [-0.25, -0.2) is 4.21 Å². The average Bonchev–Trinajstić information content (AvgIpc) is 2.61. The molecule has 0 aliphatic rings. The number of hydrogen-bond donors (Lipinski definition) is 0. The van der Waals surface area contributed by atoms with E-state index in [2.05, 4.69) is 0 Å². The lowest BCUT2D eigenvalue weighted by molar-refractivity contribution is 0.336. The Morgan fingerprint density at radius 1 is 0.875 bits per heavy atom. The maximum absolute atomic E-state index is 12.7. The van der Waals surface area contributed by atoms with Crippen LogP contribution in [0.4, 0.5) is 0 Å². The van der Waals surface area contributed by atoms with E-state index in [4.69, 9.17) is 15.4 Å². The Labute approximate surface area is 148 Å². The summed E-state index contributed by atoms with van der Waals surface area (Å²) in [6, 6.07) is 25.3. The van der Waals surface area contributed by atoms with Crippen LogP contribution in [0.25, 0.3) is 11.1 Å². The molecule has 0 saturated carbocycles. The molecule has 3 rings (SSSR count). The summed E-state index contributed by atoms with van der Waals surface area (Å²) in [4.78, 5) is 0.542. The minimum Gasteiger partial charge on any atom is -0.282 e. The Bertz CT molecular complexity index is 915. The highest BCUT2D eigenvalue weighted by Gasteiger charge is 2.12. The van der Waals surface area contributed by atoms with E-state index >= 15 is 0 Å². The standard InChI is InChI=1S/C20H18O2S2/c1-16-11-13-19(14-12-16)24(21,23)22-15-18-9-5-6-10-20(18)17-7-3-2-4-8-17/h2-14H,15H2,1H3. The van der Waals surface area contributed by atoms with Crippen LogP contribution in [0, 0.1) is 6.92 Å². The molecule has 0 radical (unpaired) electrons. The summed E-state index contributed by atoms with van der Waals surface area (Å²) >= 11 is 5.22. The lowest BCUT2D eigenvalue weighted by Gasteiger charge is -2.12. The molecule has 0 N–H and O–H groups in total. The van der Waals surface area contributed by atoms with Gasteiger partial charge in [-0.3, -0.25) is 4.18 Å². The topological polar surface area (TPSA) is 26.3 Å². The zero-order valence-electron chi connectivity index (χ0n) is 13.3. The molecule has 3 aromatic carbocycles. The summed E-state index contributed by atoms with van der Waals surface area (Å²) in [6.07, 6.45) is 0. The van der Waals surface area contributed by atoms with E-state index in [1.54, 1.807) is 12.1 Å². The van der Waals surface area contributed by atoms with Crippen LogP contribution < -0.4 is 0 Å². The van der Waals surface area contributed by atoms with Crippen molar-refractivity contribution in [3.63, 3.8) is 0 Å². The van der Waals surface area contributed by atoms with E-state index in [1.165, 1.54) is 0 Å². The fourth-order valence-electron chi connectivity index (χ4n) is 2.46. The van der Waals surface area contributed by atoms with E-state index in [-0.39, 0.29) is 6.61 Å². The molecule has 0 saturated heterocycles. The monoisotopic (exact) mass is 354 g/mol. The van der Waals surface area contributed by atoms with Crippen LogP contribution in [0.1, 0.15) is 11.1 Å². The van der Waals surface area contributed by atoms with Gasteiger partial charge in [-0.15, -0.1) is 0 Å². The third-order valence-electron chi connectivity index (χ3n) is 3.78. The molecule has 0 spiro atoms. The summed E-state index contributed by atoms with van der Waals surface area (Å²) in [7, 11) is -2.94. The van der Waals surface area contributed by atoms with Gasteiger partial charge in [0.2, 0.25) is 0 Å². The minimum absolute atomic E-state index is 0.210. The second-order valence-electron chi connectivity index (χ2n) is 5.55. The van der Waals surface area contributed by atoms with Crippen molar-refractivity contribution in [1.29, 1.82) is 0 Å². The van der Waals surface area contributed by atoms with Gasteiger partial charge in [-0.1, -0.05) is 72.3 Å². The normalized spacial score (nSPS) is 13.4. The van der Waals surface area contributed by atoms with Crippen molar-refractivity contribution in [2.24, 2.45) is 0 Å². The molecule has 0 aliphatic carbocycles. The van der Waals surface area contributed by atoms with Gasteiger partial charge in [0.1, 0.15) is 0 Å². The fraction of sp³-hybridized carbons (Fsp3) is 0.100. The lowest BCUT2D eigenvalue weighted by Crippen LogP contribution is -2.06. The molecule has 1 atom stereocenters. The number of rotatable bonds is 5. The van der Waals surface area contributed by atoms with Crippen molar-refractivity contribution in [3.8, 4) is 11.1 Å². The Morgan fingerprint density at radius 2 is 1.50 bits per heavy atom. The van der Waals surface area contributed by atoms with Gasteiger partial charge in [0.25, 0.3) is 0 Å². The quantitative estimate of drug-likeness (QED) is 0.652. The first kappa shape index (κ1) is 16.8. The van der Waals surface area contributed by atoms with Crippen molar-refractivity contribution in [2.75, 3.05) is 0 Å². The zero-order valence-corrected chi connectivity index (χ0v) is 15.0. The van der Waals surface area contributed by atoms with Gasteiger partial charge in [0, 0.05) is 11.2 Å². The molecule has 0 bridgehead atoms. The number of hydrogen-bond acceptors (Lipinski definition) is 3. The molecule has 4 heteroatoms. The molecule has 2 nitrogen and oxygen atoms in total. The molecule has 0 heterocycles. The van der Waals surface area contributed by atoms with Crippen molar-refractivity contribution < 1.29 is 8.39 Å². The van der Waals surface area contributed by atoms with E-state index < -0.39 is 8.77 Å². The highest BCUT2D eigenvalue weighted by Crippen LogP contribution is 2.25. The molecule has 0 aliphatic heterocycles. The third-order valence-corrected chi connectivity index (χ3v) is 5.93. The average molecular weight is 354 g/mol. The summed E-state index contributed by atoms with van der Waals surface area (Å²) < 4.78 is 18.4. The molecule has 0 amide bonds. The summed E-state index contributed by atoms with van der Waals surface area (Å²) in [6.45, 7) is 2.19. The van der Waals surface area contributed by atoms with Crippen molar-refractivity contribution in [2.45, 2.75) is 18.4 Å². The Balaban J connectivity index is 1.84. The molecule has 24 heavy (non-hydrogen) atoms. The van der Waals surface area contributed by atoms with Crippen LogP contribution in [-0.2, 0) is 30.8 Å². The maximum atomic E-state index is 12.7. The second-order valence-corrected chi connectivity index (χ2v) is 8.48. The Morgan fingerprint density at radius 3 is 2.21 bits per heavy atom. The first-order chi connectivity index (χ1) is 11.6. The number of aryl methyl sites for hydroxylation is 1. The molecule has 0 fully saturated rings. The third kappa shape index (κ3) is 3.90. The maximum Gasteiger partial charge on any atom is 0.173 e. The van der Waals surface area contributed by atoms with Gasteiger partial charge >= 0.3 is 0 Å². The van der Waals surface area contributed by atoms with Crippen molar-refractivity contribution >= 4 is 20.0 Å². The van der Waals surface area contributed by atoms with Gasteiger partial charge in [-0.05, 0) is 35.7 Å². The van der Waals surface area contributed by atoms with Crippen molar-refractivity contribution in [3.05, 3.63) is 90.0 Å². The van der Waals surface area contributed by atoms with E-state index in [0.717, 1.165) is 22.3 Å². The van der Waals surface area contributed by atoms with Crippen LogP contribution in [0.2, 0.25) is 0 Å². The predicted octanol–water partition coefficient (Wildman–Crippen LogP) is 4.90. The Kier molecular flexibility index (Phi) is 5.09. The first-order valence-corrected chi connectivity index (χ1v) is 10.1. The SMILES string of the molecule is Cc1ccc(S(=O)(=S)OCc2ccccc2-c2ccccc2)cc1. The van der Waals surface area contributed by atoms with Crippen LogP contribution in [0.5, 0.6) is 0 Å². The van der Waals surface area contributed by atoms with Crippen molar-refractivity contribution in [1.82, 2.24) is 0 Å². The number of benzene rings is 3. The predicted molar refractivity (Wildman–Crippen MR) is 102 cm³/mol. The molecule has 3 aromatic rings. The molecular formula is C20H18O2S2. The Hall–Kier alpha value is -2.01. The molecule has 0 aromatic heterocycles. The van der Waals surface area contributed by atoms with Gasteiger partial charge < -0.3 is 0 Å². The minimum atomic E-state index is -2.94. The summed E-state index contributed by atoms with van der Waals surface area (Å²) in [5.41, 5.74) is 4.22. The lowest BCUT2D eigenvalue weighted by atomic mass is 10.0. The zero-order chi connectivity index (χ0) is 17.0. The second kappa shape index (κ2) is 7.26. The van der Waals surface area contributed by atoms with E-state index in [0.29, 0.717) is 4.90 Å². The van der Waals surface area contributed by atoms with Crippen LogP contribution >= 0.6 is 0 Å². The summed E-state index contributed by atoms with van der Waals surface area (Å²) in [5.74, 6) is 0. The van der Waals surface area contributed by atoms with E-state index in [1.807, 2.05) is 73.7 Å². The van der Waals surface area contributed by atoms with Gasteiger partial charge in [0.15, 0.2) is 8.77 Å². The van der Waals surface area contributed by atoms with Gasteiger partial charge in [0.05, 0.1) is 11.5 Å². The highest BCUT2D eigenvalue weighted by molar-refractivity contribution is 8.30. The van der Waals surface area contributed by atoms with E-state index in [9.17, 15) is 4.21 Å². The van der Waals surface area contributed by atoms with Gasteiger partial charge in [-0.2, -0.15) is 0 Å². The largest absolute Gasteiger partial charge is 0.282 e. The molecule has 1 unspecified atom stereocenters. The summed E-state index contributed by atoms with van der Waals surface area (Å²) in [5, 5.41) is 0. The van der Waals surface area contributed by atoms with Crippen LogP contribution in [0.15, 0.2) is 83.8 Å². The molecule has 122 valence electrons. The highest BCUT2D eigenvalue weighted by atomic mass is 32.8. The molecular weight excluding hydrogens is 336 g/mol. The van der Waals surface area contributed by atoms with Crippen LogP contribution in [0.3, 0.4) is 0 Å². The fourth-order valence-corrected chi connectivity index (χ4v) is 3.82.